The van der Waals surface area contributed by atoms with Crippen molar-refractivity contribution in [1.82, 2.24) is 9.55 Å². The van der Waals surface area contributed by atoms with Gasteiger partial charge in [-0.1, -0.05) is 0 Å². The molecule has 2 heterocycles. The number of aromatic carboxylic acids is 1. The van der Waals surface area contributed by atoms with Crippen molar-refractivity contribution in [1.29, 1.82) is 0 Å². The van der Waals surface area contributed by atoms with Crippen molar-refractivity contribution in [3.63, 3.8) is 0 Å². The molecule has 19 heavy (non-hydrogen) atoms. The maximum Gasteiger partial charge on any atom is 0.352 e. The van der Waals surface area contributed by atoms with Crippen LogP contribution in [0, 0.1) is 0 Å². The highest BCUT2D eigenvalue weighted by molar-refractivity contribution is 5.97. The van der Waals surface area contributed by atoms with Gasteiger partial charge in [-0.2, -0.15) is 0 Å². The van der Waals surface area contributed by atoms with Crippen LogP contribution in [0.1, 0.15) is 10.5 Å². The van der Waals surface area contributed by atoms with Gasteiger partial charge in [0.15, 0.2) is 0 Å². The maximum atomic E-state index is 11.1. The van der Waals surface area contributed by atoms with Gasteiger partial charge in [0, 0.05) is 29.7 Å². The van der Waals surface area contributed by atoms with Gasteiger partial charge >= 0.3 is 5.97 Å². The SMILES string of the molecule is Cn1c(C(=O)O)ccc1-c1c[nH]c2ccc(O)cc12. The molecule has 3 aromatic rings. The molecule has 5 nitrogen and oxygen atoms in total. The Kier molecular flexibility index (Phi) is 2.35. The molecule has 1 aromatic carbocycles. The van der Waals surface area contributed by atoms with Crippen LogP contribution < -0.4 is 0 Å². The van der Waals surface area contributed by atoms with Crippen LogP contribution in [-0.2, 0) is 7.05 Å². The average molecular weight is 256 g/mol. The first kappa shape index (κ1) is 11.4. The number of phenolic OH excluding ortho intramolecular Hbond substituents is 1. The molecule has 0 aliphatic rings. The first-order chi connectivity index (χ1) is 9.08. The van der Waals surface area contributed by atoms with E-state index in [0.717, 1.165) is 22.2 Å². The second-order valence-corrected chi connectivity index (χ2v) is 4.40. The highest BCUT2D eigenvalue weighted by Crippen LogP contribution is 2.31. The lowest BCUT2D eigenvalue weighted by atomic mass is 10.1. The number of hydrogen-bond acceptors (Lipinski definition) is 2. The summed E-state index contributed by atoms with van der Waals surface area (Å²) in [5.74, 6) is -0.780. The van der Waals surface area contributed by atoms with Crippen LogP contribution in [0.5, 0.6) is 5.75 Å². The molecule has 0 atom stereocenters. The van der Waals surface area contributed by atoms with Crippen molar-refractivity contribution in [2.75, 3.05) is 0 Å². The summed E-state index contributed by atoms with van der Waals surface area (Å²) in [7, 11) is 1.71. The van der Waals surface area contributed by atoms with E-state index in [1.54, 1.807) is 41.9 Å². The summed E-state index contributed by atoms with van der Waals surface area (Å²) in [5.41, 5.74) is 2.77. The van der Waals surface area contributed by atoms with Gasteiger partial charge in [-0.3, -0.25) is 0 Å². The van der Waals surface area contributed by atoms with Crippen LogP contribution in [0.2, 0.25) is 0 Å². The zero-order valence-corrected chi connectivity index (χ0v) is 10.2. The highest BCUT2D eigenvalue weighted by Gasteiger charge is 2.15. The Morgan fingerprint density at radius 2 is 2.05 bits per heavy atom. The molecule has 3 N–H and O–H groups in total. The van der Waals surface area contributed by atoms with Crippen molar-refractivity contribution in [3.05, 3.63) is 42.2 Å². The number of aromatic hydroxyl groups is 1. The third kappa shape index (κ3) is 1.67. The predicted molar refractivity (Wildman–Crippen MR) is 71.3 cm³/mol. The number of phenols is 1. The molecule has 0 fully saturated rings. The van der Waals surface area contributed by atoms with Gasteiger partial charge in [0.1, 0.15) is 11.4 Å². The second-order valence-electron chi connectivity index (χ2n) is 4.40. The zero-order valence-electron chi connectivity index (χ0n) is 10.2. The molecular formula is C14H12N2O3. The minimum Gasteiger partial charge on any atom is -0.508 e. The number of carboxylic acids is 1. The summed E-state index contributed by atoms with van der Waals surface area (Å²) in [6, 6.07) is 8.38. The van der Waals surface area contributed by atoms with E-state index >= 15 is 0 Å². The van der Waals surface area contributed by atoms with E-state index < -0.39 is 5.97 Å². The van der Waals surface area contributed by atoms with Crippen molar-refractivity contribution in [2.24, 2.45) is 7.05 Å². The van der Waals surface area contributed by atoms with Crippen LogP contribution in [0.15, 0.2) is 36.5 Å². The number of nitrogens with zero attached hydrogens (tertiary/aromatic N) is 1. The first-order valence-corrected chi connectivity index (χ1v) is 5.77. The molecule has 0 saturated carbocycles. The Hall–Kier alpha value is -2.69. The van der Waals surface area contributed by atoms with Crippen LogP contribution in [0.25, 0.3) is 22.2 Å². The Balaban J connectivity index is 2.25. The van der Waals surface area contributed by atoms with E-state index in [9.17, 15) is 9.90 Å². The van der Waals surface area contributed by atoms with Gasteiger partial charge in [0.2, 0.25) is 0 Å². The van der Waals surface area contributed by atoms with E-state index in [1.165, 1.54) is 0 Å². The van der Waals surface area contributed by atoms with E-state index in [1.807, 2.05) is 6.20 Å². The topological polar surface area (TPSA) is 78.2 Å². The molecule has 0 unspecified atom stereocenters. The molecule has 0 amide bonds. The molecule has 0 aliphatic carbocycles. The Morgan fingerprint density at radius 1 is 1.26 bits per heavy atom. The summed E-state index contributed by atoms with van der Waals surface area (Å²) >= 11 is 0. The molecule has 0 saturated heterocycles. The number of rotatable bonds is 2. The summed E-state index contributed by atoms with van der Waals surface area (Å²) in [5, 5.41) is 19.5. The number of nitrogens with one attached hydrogen (secondary N) is 1. The first-order valence-electron chi connectivity index (χ1n) is 5.77. The Morgan fingerprint density at radius 3 is 2.74 bits per heavy atom. The fourth-order valence-corrected chi connectivity index (χ4v) is 2.32. The lowest BCUT2D eigenvalue weighted by Gasteiger charge is -2.04. The van der Waals surface area contributed by atoms with Gasteiger partial charge < -0.3 is 19.8 Å². The molecule has 96 valence electrons. The molecular weight excluding hydrogens is 244 g/mol. The van der Waals surface area contributed by atoms with Crippen LogP contribution in [0.4, 0.5) is 0 Å². The molecule has 0 radical (unpaired) electrons. The van der Waals surface area contributed by atoms with Gasteiger partial charge in [-0.25, -0.2) is 4.79 Å². The third-order valence-corrected chi connectivity index (χ3v) is 3.28. The highest BCUT2D eigenvalue weighted by atomic mass is 16.4. The molecule has 0 spiro atoms. The predicted octanol–water partition coefficient (Wildman–Crippen LogP) is 2.58. The number of H-pyrrole nitrogens is 1. The number of carboxylic acid groups (broad SMARTS) is 1. The number of carbonyl (C=O) groups is 1. The molecule has 3 rings (SSSR count). The number of fused-ring (bicyclic) bond motifs is 1. The van der Waals surface area contributed by atoms with Gasteiger partial charge in [0.25, 0.3) is 0 Å². The van der Waals surface area contributed by atoms with Gasteiger partial charge in [-0.05, 0) is 30.3 Å². The quantitative estimate of drug-likeness (QED) is 0.659. The lowest BCUT2D eigenvalue weighted by Crippen LogP contribution is -2.04. The molecule has 0 aliphatic heterocycles. The normalized spacial score (nSPS) is 11.0. The Bertz CT molecular complexity index is 783. The summed E-state index contributed by atoms with van der Waals surface area (Å²) in [4.78, 5) is 14.2. The minimum atomic E-state index is -0.962. The van der Waals surface area contributed by atoms with Gasteiger partial charge in [0.05, 0.1) is 5.69 Å². The largest absolute Gasteiger partial charge is 0.508 e. The van der Waals surface area contributed by atoms with Crippen LogP contribution in [0.3, 0.4) is 0 Å². The molecule has 5 heteroatoms. The smallest absolute Gasteiger partial charge is 0.352 e. The van der Waals surface area contributed by atoms with Crippen LogP contribution in [-0.4, -0.2) is 25.7 Å². The van der Waals surface area contributed by atoms with E-state index in [-0.39, 0.29) is 11.4 Å². The van der Waals surface area contributed by atoms with Gasteiger partial charge in [-0.15, -0.1) is 0 Å². The molecule has 0 bridgehead atoms. The van der Waals surface area contributed by atoms with Crippen molar-refractivity contribution in [3.8, 4) is 17.0 Å². The fourth-order valence-electron chi connectivity index (χ4n) is 2.32. The van der Waals surface area contributed by atoms with Crippen LogP contribution >= 0.6 is 0 Å². The van der Waals surface area contributed by atoms with Crippen molar-refractivity contribution < 1.29 is 15.0 Å². The average Bonchev–Trinajstić information content (AvgIpc) is 2.92. The lowest BCUT2D eigenvalue weighted by molar-refractivity contribution is 0.0686. The standard InChI is InChI=1S/C14H12N2O3/c1-16-12(4-5-13(16)14(18)19)10-7-15-11-3-2-8(17)6-9(10)11/h2-7,15,17H,1H3,(H,18,19). The van der Waals surface area contributed by atoms with E-state index in [0.29, 0.717) is 0 Å². The fraction of sp³-hybridized carbons (Fsp3) is 0.0714. The monoisotopic (exact) mass is 256 g/mol. The van der Waals surface area contributed by atoms with E-state index in [4.69, 9.17) is 5.11 Å². The number of aromatic nitrogens is 2. The summed E-state index contributed by atoms with van der Waals surface area (Å²) < 4.78 is 1.62. The number of hydrogen-bond donors (Lipinski definition) is 3. The number of aromatic amines is 1. The minimum absolute atomic E-state index is 0.181. The second kappa shape index (κ2) is 3.91. The Labute approximate surface area is 108 Å². The summed E-state index contributed by atoms with van der Waals surface area (Å²) in [6.45, 7) is 0. The maximum absolute atomic E-state index is 11.1. The van der Waals surface area contributed by atoms with Crippen molar-refractivity contribution >= 4 is 16.9 Å². The van der Waals surface area contributed by atoms with E-state index in [2.05, 4.69) is 4.98 Å². The van der Waals surface area contributed by atoms with Crippen molar-refractivity contribution in [2.45, 2.75) is 0 Å². The summed E-state index contributed by atoms with van der Waals surface area (Å²) in [6.07, 6.45) is 1.81. The zero-order chi connectivity index (χ0) is 13.6. The molecule has 2 aromatic heterocycles. The number of benzene rings is 1. The third-order valence-electron chi connectivity index (χ3n) is 3.28.